The van der Waals surface area contributed by atoms with Crippen LogP contribution >= 0.6 is 35.2 Å². The molecular formula is C25H25ClN4O3S2. The predicted molar refractivity (Wildman–Crippen MR) is 145 cm³/mol. The van der Waals surface area contributed by atoms with Crippen molar-refractivity contribution in [3.63, 3.8) is 0 Å². The average molecular weight is 529 g/mol. The van der Waals surface area contributed by atoms with E-state index in [1.54, 1.807) is 30.3 Å². The van der Waals surface area contributed by atoms with Crippen LogP contribution in [0.5, 0.6) is 5.75 Å². The van der Waals surface area contributed by atoms with E-state index in [-0.39, 0.29) is 16.9 Å². The molecule has 2 amide bonds. The second kappa shape index (κ2) is 11.5. The van der Waals surface area contributed by atoms with Gasteiger partial charge in [-0.25, -0.2) is 0 Å². The highest BCUT2D eigenvalue weighted by molar-refractivity contribution is 7.80. The summed E-state index contributed by atoms with van der Waals surface area (Å²) in [5, 5.41) is 8.32. The lowest BCUT2D eigenvalue weighted by molar-refractivity contribution is 0.0751. The van der Waals surface area contributed by atoms with Gasteiger partial charge < -0.3 is 19.9 Å². The molecule has 0 radical (unpaired) electrons. The van der Waals surface area contributed by atoms with Gasteiger partial charge in [-0.2, -0.15) is 0 Å². The van der Waals surface area contributed by atoms with E-state index in [2.05, 4.69) is 15.5 Å². The molecule has 182 valence electrons. The maximum absolute atomic E-state index is 12.6. The number of nitrogens with one attached hydrogen (secondary N) is 2. The van der Waals surface area contributed by atoms with Gasteiger partial charge in [-0.1, -0.05) is 17.7 Å². The molecule has 1 aliphatic heterocycles. The zero-order valence-electron chi connectivity index (χ0n) is 19.1. The molecule has 0 bridgehead atoms. The lowest BCUT2D eigenvalue weighted by atomic mass is 10.2. The molecule has 3 aromatic rings. The number of carbonyl (C=O) groups is 2. The largest absolute Gasteiger partial charge is 0.494 e. The van der Waals surface area contributed by atoms with Gasteiger partial charge in [0.1, 0.15) is 5.75 Å². The summed E-state index contributed by atoms with van der Waals surface area (Å²) in [6.45, 7) is 5.12. The Balaban J connectivity index is 1.30. The van der Waals surface area contributed by atoms with Gasteiger partial charge >= 0.3 is 0 Å². The first kappa shape index (κ1) is 25.0. The van der Waals surface area contributed by atoms with Crippen molar-refractivity contribution in [3.8, 4) is 5.75 Å². The zero-order chi connectivity index (χ0) is 24.8. The topological polar surface area (TPSA) is 73.9 Å². The Morgan fingerprint density at radius 2 is 1.83 bits per heavy atom. The smallest absolute Gasteiger partial charge is 0.264 e. The van der Waals surface area contributed by atoms with E-state index in [0.29, 0.717) is 54.8 Å². The van der Waals surface area contributed by atoms with Gasteiger partial charge in [0.2, 0.25) is 0 Å². The Kier molecular flexibility index (Phi) is 8.22. The van der Waals surface area contributed by atoms with Crippen LogP contribution in [0.15, 0.2) is 60.0 Å². The van der Waals surface area contributed by atoms with Gasteiger partial charge in [-0.15, -0.1) is 11.3 Å². The van der Waals surface area contributed by atoms with E-state index in [9.17, 15) is 9.59 Å². The monoisotopic (exact) mass is 528 g/mol. The first-order chi connectivity index (χ1) is 16.9. The normalized spacial score (nSPS) is 13.3. The number of piperazine rings is 1. The van der Waals surface area contributed by atoms with Crippen LogP contribution in [0.2, 0.25) is 5.02 Å². The summed E-state index contributed by atoms with van der Waals surface area (Å²) in [7, 11) is 0. The number of nitrogens with zero attached hydrogens (tertiary/aromatic N) is 2. The zero-order valence-corrected chi connectivity index (χ0v) is 21.5. The highest BCUT2D eigenvalue weighted by atomic mass is 35.5. The van der Waals surface area contributed by atoms with E-state index in [0.717, 1.165) is 10.6 Å². The standard InChI is InChI=1S/C25H25ClN4O3S2/c1-2-33-19-8-5-17(6-9-19)23(31)28-25(34)27-18-7-10-21(20(26)16-18)29-11-13-30(14-12-29)24(32)22-4-3-15-35-22/h3-10,15-16H,2,11-14H2,1H3,(H2,27,28,31,34). The van der Waals surface area contributed by atoms with Crippen LogP contribution in [0.25, 0.3) is 0 Å². The molecule has 0 atom stereocenters. The minimum atomic E-state index is -0.316. The molecule has 2 heterocycles. The fraction of sp³-hybridized carbons (Fsp3) is 0.240. The van der Waals surface area contributed by atoms with E-state index >= 15 is 0 Å². The van der Waals surface area contributed by atoms with Gasteiger partial charge in [0.25, 0.3) is 11.8 Å². The molecule has 0 unspecified atom stereocenters. The van der Waals surface area contributed by atoms with Crippen molar-refractivity contribution in [2.24, 2.45) is 0 Å². The number of carbonyl (C=O) groups excluding carboxylic acids is 2. The van der Waals surface area contributed by atoms with Gasteiger partial charge in [-0.05, 0) is 73.1 Å². The van der Waals surface area contributed by atoms with Crippen molar-refractivity contribution in [2.45, 2.75) is 6.92 Å². The van der Waals surface area contributed by atoms with E-state index < -0.39 is 0 Å². The lowest BCUT2D eigenvalue weighted by Gasteiger charge is -2.36. The minimum Gasteiger partial charge on any atom is -0.494 e. The molecule has 1 fully saturated rings. The molecule has 0 aliphatic carbocycles. The third-order valence-electron chi connectivity index (χ3n) is 5.50. The number of hydrogen-bond donors (Lipinski definition) is 2. The maximum atomic E-state index is 12.6. The number of thiocarbonyl (C=S) groups is 1. The summed E-state index contributed by atoms with van der Waals surface area (Å²) in [6, 6.07) is 16.1. The van der Waals surface area contributed by atoms with Crippen molar-refractivity contribution in [2.75, 3.05) is 43.0 Å². The molecule has 7 nitrogen and oxygen atoms in total. The van der Waals surface area contributed by atoms with Crippen LogP contribution in [-0.2, 0) is 0 Å². The fourth-order valence-electron chi connectivity index (χ4n) is 3.75. The number of rotatable bonds is 6. The maximum Gasteiger partial charge on any atom is 0.264 e. The van der Waals surface area contributed by atoms with Crippen LogP contribution in [-0.4, -0.2) is 54.6 Å². The van der Waals surface area contributed by atoms with Crippen LogP contribution in [0.4, 0.5) is 11.4 Å². The highest BCUT2D eigenvalue weighted by Gasteiger charge is 2.24. The predicted octanol–water partition coefficient (Wildman–Crippen LogP) is 4.89. The van der Waals surface area contributed by atoms with Crippen molar-refractivity contribution < 1.29 is 14.3 Å². The second-order valence-corrected chi connectivity index (χ2v) is 9.55. The Morgan fingerprint density at radius 3 is 2.46 bits per heavy atom. The van der Waals surface area contributed by atoms with E-state index in [1.807, 2.05) is 41.5 Å². The number of halogens is 1. The molecule has 1 saturated heterocycles. The average Bonchev–Trinajstić information content (AvgIpc) is 3.39. The lowest BCUT2D eigenvalue weighted by Crippen LogP contribution is -2.48. The van der Waals surface area contributed by atoms with Gasteiger partial charge in [0.15, 0.2) is 5.11 Å². The van der Waals surface area contributed by atoms with E-state index in [1.165, 1.54) is 11.3 Å². The first-order valence-electron chi connectivity index (χ1n) is 11.2. The summed E-state index contributed by atoms with van der Waals surface area (Å²) in [6.07, 6.45) is 0. The Bertz CT molecular complexity index is 1190. The van der Waals surface area contributed by atoms with Crippen LogP contribution in [0.1, 0.15) is 27.0 Å². The molecule has 0 saturated carbocycles. The molecule has 1 aromatic heterocycles. The highest BCUT2D eigenvalue weighted by Crippen LogP contribution is 2.30. The molecule has 2 aromatic carbocycles. The number of benzene rings is 2. The number of amides is 2. The summed E-state index contributed by atoms with van der Waals surface area (Å²) in [4.78, 5) is 29.8. The molecule has 4 rings (SSSR count). The summed E-state index contributed by atoms with van der Waals surface area (Å²) >= 11 is 13.3. The molecule has 0 spiro atoms. The molecular weight excluding hydrogens is 504 g/mol. The van der Waals surface area contributed by atoms with Gasteiger partial charge in [0.05, 0.1) is 22.2 Å². The Labute approximate surface area is 218 Å². The summed E-state index contributed by atoms with van der Waals surface area (Å²) < 4.78 is 5.39. The molecule has 1 aliphatic rings. The van der Waals surface area contributed by atoms with Crippen LogP contribution < -0.4 is 20.3 Å². The Morgan fingerprint density at radius 1 is 1.09 bits per heavy atom. The van der Waals surface area contributed by atoms with E-state index in [4.69, 9.17) is 28.6 Å². The van der Waals surface area contributed by atoms with Crippen LogP contribution in [0, 0.1) is 0 Å². The molecule has 35 heavy (non-hydrogen) atoms. The first-order valence-corrected chi connectivity index (χ1v) is 12.8. The number of hydrogen-bond acceptors (Lipinski definition) is 6. The van der Waals surface area contributed by atoms with Gasteiger partial charge in [0, 0.05) is 37.4 Å². The van der Waals surface area contributed by atoms with Crippen LogP contribution in [0.3, 0.4) is 0 Å². The third-order valence-corrected chi connectivity index (χ3v) is 6.86. The molecule has 2 N–H and O–H groups in total. The Hall–Kier alpha value is -3.14. The van der Waals surface area contributed by atoms with Crippen molar-refractivity contribution in [1.29, 1.82) is 0 Å². The van der Waals surface area contributed by atoms with Crippen molar-refractivity contribution >= 4 is 63.5 Å². The van der Waals surface area contributed by atoms with Crippen molar-refractivity contribution in [3.05, 3.63) is 75.4 Å². The summed E-state index contributed by atoms with van der Waals surface area (Å²) in [5.41, 5.74) is 2.04. The number of thiophene rings is 1. The third kappa shape index (κ3) is 6.30. The SMILES string of the molecule is CCOc1ccc(C(=O)NC(=S)Nc2ccc(N3CCN(C(=O)c4cccs4)CC3)c(Cl)c2)cc1. The quantitative estimate of drug-likeness (QED) is 0.444. The van der Waals surface area contributed by atoms with Gasteiger partial charge in [-0.3, -0.25) is 14.9 Å². The number of ether oxygens (including phenoxy) is 1. The number of anilines is 2. The molecule has 10 heteroatoms. The second-order valence-electron chi connectivity index (χ2n) is 7.79. The minimum absolute atomic E-state index is 0.0751. The fourth-order valence-corrected chi connectivity index (χ4v) is 4.96. The van der Waals surface area contributed by atoms with Crippen molar-refractivity contribution in [1.82, 2.24) is 10.2 Å². The summed E-state index contributed by atoms with van der Waals surface area (Å²) in [5.74, 6) is 0.462.